The minimum absolute atomic E-state index is 0.114. The molecule has 128 valence electrons. The fraction of sp³-hybridized carbons (Fsp3) is 0.294. The molecular weight excluding hydrogens is 328 g/mol. The molecule has 2 aromatic rings. The van der Waals surface area contributed by atoms with E-state index in [1.54, 1.807) is 13.8 Å². The molecule has 0 radical (unpaired) electrons. The standard InChI is InChI=1S/C17H20N2O4S/c1-11-5-6-12(2)16(9-11)14(4)18-24(22,23)15-8-7-13(3)17(10-15)19(20)21/h5-10,14,18H,1-4H3/t14-/m0/s1. The average molecular weight is 348 g/mol. The SMILES string of the molecule is Cc1ccc(C)c([C@H](C)NS(=O)(=O)c2ccc(C)c([N+](=O)[O-])c2)c1. The Morgan fingerprint density at radius 2 is 1.67 bits per heavy atom. The zero-order chi connectivity index (χ0) is 18.1. The number of aryl methyl sites for hydroxylation is 3. The van der Waals surface area contributed by atoms with E-state index in [4.69, 9.17) is 0 Å². The van der Waals surface area contributed by atoms with E-state index < -0.39 is 21.0 Å². The second-order valence-corrected chi connectivity index (χ2v) is 7.62. The number of hydrogen-bond acceptors (Lipinski definition) is 4. The van der Waals surface area contributed by atoms with Gasteiger partial charge in [-0.05, 0) is 44.9 Å². The van der Waals surface area contributed by atoms with Gasteiger partial charge in [-0.2, -0.15) is 0 Å². The molecule has 0 fully saturated rings. The third-order valence-electron chi connectivity index (χ3n) is 3.92. The van der Waals surface area contributed by atoms with Gasteiger partial charge in [0.25, 0.3) is 5.69 Å². The minimum atomic E-state index is -3.86. The minimum Gasteiger partial charge on any atom is -0.258 e. The molecule has 0 spiro atoms. The first-order valence-electron chi connectivity index (χ1n) is 7.46. The van der Waals surface area contributed by atoms with E-state index in [9.17, 15) is 18.5 Å². The Morgan fingerprint density at radius 3 is 2.29 bits per heavy atom. The number of hydrogen-bond donors (Lipinski definition) is 1. The van der Waals surface area contributed by atoms with Crippen LogP contribution < -0.4 is 4.72 Å². The summed E-state index contributed by atoms with van der Waals surface area (Å²) in [7, 11) is -3.86. The third-order valence-corrected chi connectivity index (χ3v) is 5.46. The fourth-order valence-electron chi connectivity index (χ4n) is 2.54. The Balaban J connectivity index is 2.36. The van der Waals surface area contributed by atoms with Crippen molar-refractivity contribution in [2.75, 3.05) is 0 Å². The van der Waals surface area contributed by atoms with Gasteiger partial charge in [-0.15, -0.1) is 0 Å². The van der Waals surface area contributed by atoms with Crippen molar-refractivity contribution in [2.45, 2.75) is 38.6 Å². The molecule has 0 heterocycles. The molecule has 24 heavy (non-hydrogen) atoms. The summed E-state index contributed by atoms with van der Waals surface area (Å²) >= 11 is 0. The van der Waals surface area contributed by atoms with Crippen molar-refractivity contribution in [3.63, 3.8) is 0 Å². The topological polar surface area (TPSA) is 89.3 Å². The Morgan fingerprint density at radius 1 is 1.04 bits per heavy atom. The number of rotatable bonds is 5. The third kappa shape index (κ3) is 3.80. The van der Waals surface area contributed by atoms with Gasteiger partial charge >= 0.3 is 0 Å². The van der Waals surface area contributed by atoms with E-state index in [-0.39, 0.29) is 10.6 Å². The molecule has 6 nitrogen and oxygen atoms in total. The molecule has 0 aliphatic carbocycles. The van der Waals surface area contributed by atoms with Gasteiger partial charge in [0.1, 0.15) is 0 Å². The van der Waals surface area contributed by atoms with Gasteiger partial charge in [0.05, 0.1) is 9.82 Å². The highest BCUT2D eigenvalue weighted by Crippen LogP contribution is 2.25. The van der Waals surface area contributed by atoms with E-state index in [0.717, 1.165) is 22.8 Å². The van der Waals surface area contributed by atoms with E-state index in [2.05, 4.69) is 4.72 Å². The summed E-state index contributed by atoms with van der Waals surface area (Å²) in [5.41, 5.74) is 3.09. The van der Waals surface area contributed by atoms with Crippen LogP contribution in [0.3, 0.4) is 0 Å². The maximum absolute atomic E-state index is 12.6. The summed E-state index contributed by atoms with van der Waals surface area (Å²) < 4.78 is 27.7. The highest BCUT2D eigenvalue weighted by atomic mass is 32.2. The van der Waals surface area contributed by atoms with Crippen LogP contribution in [0, 0.1) is 30.9 Å². The van der Waals surface area contributed by atoms with Gasteiger partial charge < -0.3 is 0 Å². The van der Waals surface area contributed by atoms with Crippen molar-refractivity contribution in [1.82, 2.24) is 4.72 Å². The van der Waals surface area contributed by atoms with Crippen molar-refractivity contribution in [3.8, 4) is 0 Å². The maximum Gasteiger partial charge on any atom is 0.273 e. The first-order chi connectivity index (χ1) is 11.1. The second kappa shape index (κ2) is 6.70. The van der Waals surface area contributed by atoms with Gasteiger partial charge in [-0.25, -0.2) is 13.1 Å². The molecule has 0 saturated heterocycles. The molecule has 0 aliphatic heterocycles. The van der Waals surface area contributed by atoms with Gasteiger partial charge in [0.15, 0.2) is 0 Å². The van der Waals surface area contributed by atoms with Crippen LogP contribution in [-0.4, -0.2) is 13.3 Å². The normalized spacial score (nSPS) is 12.8. The lowest BCUT2D eigenvalue weighted by atomic mass is 10.0. The van der Waals surface area contributed by atoms with Crippen LogP contribution in [0.2, 0.25) is 0 Å². The molecule has 0 unspecified atom stereocenters. The molecular formula is C17H20N2O4S. The summed E-state index contributed by atoms with van der Waals surface area (Å²) in [5.74, 6) is 0. The van der Waals surface area contributed by atoms with Crippen LogP contribution in [0.1, 0.15) is 35.2 Å². The lowest BCUT2D eigenvalue weighted by molar-refractivity contribution is -0.385. The van der Waals surface area contributed by atoms with Gasteiger partial charge in [-0.3, -0.25) is 10.1 Å². The molecule has 0 amide bonds. The summed E-state index contributed by atoms with van der Waals surface area (Å²) in [6.07, 6.45) is 0. The number of nitro groups is 1. The van der Waals surface area contributed by atoms with Crippen LogP contribution in [0.15, 0.2) is 41.3 Å². The summed E-state index contributed by atoms with van der Waals surface area (Å²) in [4.78, 5) is 10.3. The Hall–Kier alpha value is -2.25. The number of nitrogens with one attached hydrogen (secondary N) is 1. The van der Waals surface area contributed by atoms with Crippen molar-refractivity contribution >= 4 is 15.7 Å². The van der Waals surface area contributed by atoms with E-state index in [0.29, 0.717) is 5.56 Å². The molecule has 0 aliphatic rings. The lowest BCUT2D eigenvalue weighted by Gasteiger charge is -2.17. The highest BCUT2D eigenvalue weighted by molar-refractivity contribution is 7.89. The zero-order valence-electron chi connectivity index (χ0n) is 14.0. The molecule has 2 aromatic carbocycles. The number of nitro benzene ring substituents is 1. The van der Waals surface area contributed by atoms with Gasteiger partial charge in [-0.1, -0.05) is 29.8 Å². The monoisotopic (exact) mass is 348 g/mol. The first kappa shape index (κ1) is 18.1. The molecule has 0 aromatic heterocycles. The largest absolute Gasteiger partial charge is 0.273 e. The molecule has 0 saturated carbocycles. The van der Waals surface area contributed by atoms with Crippen LogP contribution in [0.4, 0.5) is 5.69 Å². The van der Waals surface area contributed by atoms with Crippen LogP contribution in [0.25, 0.3) is 0 Å². The lowest BCUT2D eigenvalue weighted by Crippen LogP contribution is -2.27. The maximum atomic E-state index is 12.6. The summed E-state index contributed by atoms with van der Waals surface area (Å²) in [6.45, 7) is 7.17. The molecule has 1 atom stereocenters. The smallest absolute Gasteiger partial charge is 0.258 e. The number of nitrogens with zero attached hydrogens (tertiary/aromatic N) is 1. The summed E-state index contributed by atoms with van der Waals surface area (Å²) in [6, 6.07) is 9.29. The van der Waals surface area contributed by atoms with Crippen molar-refractivity contribution in [2.24, 2.45) is 0 Å². The number of benzene rings is 2. The highest BCUT2D eigenvalue weighted by Gasteiger charge is 2.22. The van der Waals surface area contributed by atoms with Crippen molar-refractivity contribution in [1.29, 1.82) is 0 Å². The quantitative estimate of drug-likeness (QED) is 0.661. The van der Waals surface area contributed by atoms with Gasteiger partial charge in [0.2, 0.25) is 10.0 Å². The number of sulfonamides is 1. The molecule has 7 heteroatoms. The van der Waals surface area contributed by atoms with Crippen molar-refractivity contribution in [3.05, 3.63) is 68.8 Å². The molecule has 1 N–H and O–H groups in total. The fourth-order valence-corrected chi connectivity index (χ4v) is 3.79. The summed E-state index contributed by atoms with van der Waals surface area (Å²) in [5, 5.41) is 11.0. The Kier molecular flexibility index (Phi) is 5.05. The molecule has 0 bridgehead atoms. The predicted octanol–water partition coefficient (Wildman–Crippen LogP) is 3.56. The molecule has 2 rings (SSSR count). The van der Waals surface area contributed by atoms with E-state index in [1.165, 1.54) is 12.1 Å². The second-order valence-electron chi connectivity index (χ2n) is 5.91. The Bertz CT molecular complexity index is 891. The van der Waals surface area contributed by atoms with E-state index in [1.807, 2.05) is 32.0 Å². The Labute approximate surface area is 141 Å². The van der Waals surface area contributed by atoms with Crippen molar-refractivity contribution < 1.29 is 13.3 Å². The first-order valence-corrected chi connectivity index (χ1v) is 8.94. The van der Waals surface area contributed by atoms with Crippen LogP contribution >= 0.6 is 0 Å². The average Bonchev–Trinajstić information content (AvgIpc) is 2.49. The van der Waals surface area contributed by atoms with Gasteiger partial charge in [0, 0.05) is 17.7 Å². The van der Waals surface area contributed by atoms with Crippen LogP contribution in [-0.2, 0) is 10.0 Å². The zero-order valence-corrected chi connectivity index (χ0v) is 14.8. The van der Waals surface area contributed by atoms with E-state index >= 15 is 0 Å². The predicted molar refractivity (Wildman–Crippen MR) is 92.5 cm³/mol. The van der Waals surface area contributed by atoms with Crippen LogP contribution in [0.5, 0.6) is 0 Å².